The quantitative estimate of drug-likeness (QED) is 0.936. The fourth-order valence-corrected chi connectivity index (χ4v) is 2.34. The van der Waals surface area contributed by atoms with Crippen LogP contribution in [0.3, 0.4) is 0 Å². The van der Waals surface area contributed by atoms with Crippen LogP contribution in [0.1, 0.15) is 10.6 Å². The third-order valence-electron chi connectivity index (χ3n) is 2.10. The number of hydrogen-bond donors (Lipinski definition) is 1. The number of carbonyl (C=O) groups excluding carboxylic acids is 1. The third-order valence-corrected chi connectivity index (χ3v) is 3.69. The van der Waals surface area contributed by atoms with Crippen molar-refractivity contribution in [3.05, 3.63) is 53.4 Å². The van der Waals surface area contributed by atoms with Crippen LogP contribution in [-0.2, 0) is 10.0 Å². The van der Waals surface area contributed by atoms with Crippen molar-refractivity contribution in [2.45, 2.75) is 4.90 Å². The topological polar surface area (TPSA) is 76.4 Å². The number of rotatable bonds is 3. The fourth-order valence-electron chi connectivity index (χ4n) is 1.25. The molecule has 1 heterocycles. The van der Waals surface area contributed by atoms with Gasteiger partial charge in [-0.3, -0.25) is 4.79 Å². The average molecular weight is 286 g/mol. The Morgan fingerprint density at radius 3 is 2.39 bits per heavy atom. The molecule has 0 fully saturated rings. The van der Waals surface area contributed by atoms with Crippen molar-refractivity contribution in [1.82, 2.24) is 4.72 Å². The minimum absolute atomic E-state index is 0.0493. The van der Waals surface area contributed by atoms with Gasteiger partial charge in [-0.2, -0.15) is 0 Å². The van der Waals surface area contributed by atoms with E-state index in [1.54, 1.807) is 0 Å². The van der Waals surface area contributed by atoms with E-state index >= 15 is 0 Å². The molecule has 5 nitrogen and oxygen atoms in total. The van der Waals surface area contributed by atoms with Crippen LogP contribution in [0.4, 0.5) is 0 Å². The van der Waals surface area contributed by atoms with Crippen molar-refractivity contribution in [2.75, 3.05) is 0 Å². The van der Waals surface area contributed by atoms with Gasteiger partial charge in [0.2, 0.25) is 0 Å². The summed E-state index contributed by atoms with van der Waals surface area (Å²) in [7, 11) is -3.92. The molecule has 2 rings (SSSR count). The Bertz CT molecular complexity index is 647. The first-order chi connectivity index (χ1) is 8.49. The number of nitrogens with one attached hydrogen (secondary N) is 1. The first-order valence-electron chi connectivity index (χ1n) is 4.85. The van der Waals surface area contributed by atoms with Gasteiger partial charge in [-0.1, -0.05) is 11.6 Å². The van der Waals surface area contributed by atoms with Gasteiger partial charge in [0.25, 0.3) is 10.0 Å². The highest BCUT2D eigenvalue weighted by atomic mass is 35.5. The number of sulfonamides is 1. The van der Waals surface area contributed by atoms with Crippen molar-refractivity contribution in [2.24, 2.45) is 0 Å². The Hall–Kier alpha value is -1.79. The molecule has 0 aliphatic carbocycles. The Kier molecular flexibility index (Phi) is 3.40. The summed E-state index contributed by atoms with van der Waals surface area (Å²) in [5, 5.41) is 0.409. The van der Waals surface area contributed by atoms with E-state index in [0.717, 1.165) is 0 Å². The number of hydrogen-bond acceptors (Lipinski definition) is 4. The number of carbonyl (C=O) groups is 1. The van der Waals surface area contributed by atoms with E-state index in [2.05, 4.69) is 0 Å². The van der Waals surface area contributed by atoms with Gasteiger partial charge in [-0.15, -0.1) is 0 Å². The molecule has 0 radical (unpaired) electrons. The molecule has 0 saturated carbocycles. The van der Waals surface area contributed by atoms with Gasteiger partial charge in [0.05, 0.1) is 11.2 Å². The number of halogens is 1. The Morgan fingerprint density at radius 2 is 1.83 bits per heavy atom. The molecule has 2 aromatic rings. The molecule has 0 bridgehead atoms. The molecule has 0 atom stereocenters. The maximum absolute atomic E-state index is 11.8. The number of furan rings is 1. The molecule has 1 aromatic heterocycles. The summed E-state index contributed by atoms with van der Waals surface area (Å²) < 4.78 is 30.4. The molecule has 18 heavy (non-hydrogen) atoms. The molecule has 94 valence electrons. The molecule has 0 saturated heterocycles. The van der Waals surface area contributed by atoms with Gasteiger partial charge in [0.1, 0.15) is 0 Å². The van der Waals surface area contributed by atoms with Crippen molar-refractivity contribution < 1.29 is 17.6 Å². The van der Waals surface area contributed by atoms with E-state index in [9.17, 15) is 13.2 Å². The van der Waals surface area contributed by atoms with Crippen LogP contribution in [0.5, 0.6) is 0 Å². The summed E-state index contributed by atoms with van der Waals surface area (Å²) in [5.74, 6) is -0.900. The molecule has 0 spiro atoms. The van der Waals surface area contributed by atoms with Gasteiger partial charge in [0, 0.05) is 5.02 Å². The van der Waals surface area contributed by atoms with Gasteiger partial charge in [-0.25, -0.2) is 13.1 Å². The lowest BCUT2D eigenvalue weighted by molar-refractivity contribution is 0.0954. The zero-order chi connectivity index (χ0) is 13.2. The maximum Gasteiger partial charge on any atom is 0.300 e. The predicted octanol–water partition coefficient (Wildman–Crippen LogP) is 2.05. The summed E-state index contributed by atoms with van der Waals surface area (Å²) in [6, 6.07) is 8.32. The Labute approximate surface area is 108 Å². The summed E-state index contributed by atoms with van der Waals surface area (Å²) in [4.78, 5) is 11.5. The van der Waals surface area contributed by atoms with Crippen molar-refractivity contribution >= 4 is 27.5 Å². The van der Waals surface area contributed by atoms with E-state index in [1.165, 1.54) is 42.7 Å². The van der Waals surface area contributed by atoms with E-state index in [-0.39, 0.29) is 10.7 Å². The van der Waals surface area contributed by atoms with Crippen LogP contribution >= 0.6 is 11.6 Å². The second kappa shape index (κ2) is 4.83. The van der Waals surface area contributed by atoms with Crippen LogP contribution in [0.2, 0.25) is 5.02 Å². The molecule has 0 aliphatic heterocycles. The summed E-state index contributed by atoms with van der Waals surface area (Å²) in [5.41, 5.74) is 0. The largest absolute Gasteiger partial charge is 0.459 e. The first-order valence-corrected chi connectivity index (χ1v) is 6.71. The van der Waals surface area contributed by atoms with Gasteiger partial charge in [0.15, 0.2) is 5.76 Å². The lowest BCUT2D eigenvalue weighted by atomic mass is 10.4. The highest BCUT2D eigenvalue weighted by Crippen LogP contribution is 2.14. The average Bonchev–Trinajstić information content (AvgIpc) is 2.82. The molecular formula is C11H8ClNO4S. The lowest BCUT2D eigenvalue weighted by Crippen LogP contribution is -2.30. The second-order valence-corrected chi connectivity index (χ2v) is 5.48. The summed E-state index contributed by atoms with van der Waals surface area (Å²) >= 11 is 5.65. The van der Waals surface area contributed by atoms with Crippen LogP contribution < -0.4 is 4.72 Å². The smallest absolute Gasteiger partial charge is 0.300 e. The van der Waals surface area contributed by atoms with Crippen molar-refractivity contribution in [3.8, 4) is 0 Å². The van der Waals surface area contributed by atoms with Crippen LogP contribution in [0.15, 0.2) is 52.0 Å². The summed E-state index contributed by atoms with van der Waals surface area (Å²) in [6.07, 6.45) is 1.28. The van der Waals surface area contributed by atoms with Crippen LogP contribution in [0.25, 0.3) is 0 Å². The van der Waals surface area contributed by atoms with Crippen molar-refractivity contribution in [3.63, 3.8) is 0 Å². The lowest BCUT2D eigenvalue weighted by Gasteiger charge is -2.05. The molecule has 1 amide bonds. The van der Waals surface area contributed by atoms with Gasteiger partial charge in [-0.05, 0) is 36.4 Å². The molecule has 7 heteroatoms. The van der Waals surface area contributed by atoms with E-state index in [0.29, 0.717) is 5.02 Å². The fraction of sp³-hybridized carbons (Fsp3) is 0. The SMILES string of the molecule is O=C(NS(=O)(=O)c1ccc(Cl)cc1)c1ccco1. The number of benzene rings is 1. The zero-order valence-electron chi connectivity index (χ0n) is 8.96. The van der Waals surface area contributed by atoms with E-state index in [4.69, 9.17) is 16.0 Å². The molecule has 1 aromatic carbocycles. The molecule has 0 aliphatic rings. The molecule has 0 unspecified atom stereocenters. The highest BCUT2D eigenvalue weighted by molar-refractivity contribution is 7.90. The second-order valence-electron chi connectivity index (χ2n) is 3.37. The molecular weight excluding hydrogens is 278 g/mol. The minimum Gasteiger partial charge on any atom is -0.459 e. The standard InChI is InChI=1S/C11H8ClNO4S/c12-8-3-5-9(6-4-8)18(15,16)13-11(14)10-2-1-7-17-10/h1-7H,(H,13,14). The first kappa shape index (κ1) is 12.7. The zero-order valence-corrected chi connectivity index (χ0v) is 10.5. The Morgan fingerprint density at radius 1 is 1.17 bits per heavy atom. The molecule has 1 N–H and O–H groups in total. The van der Waals surface area contributed by atoms with E-state index < -0.39 is 15.9 Å². The Balaban J connectivity index is 2.22. The van der Waals surface area contributed by atoms with Gasteiger partial charge < -0.3 is 4.42 Å². The van der Waals surface area contributed by atoms with Crippen LogP contribution in [-0.4, -0.2) is 14.3 Å². The minimum atomic E-state index is -3.92. The highest BCUT2D eigenvalue weighted by Gasteiger charge is 2.19. The normalized spacial score (nSPS) is 11.2. The monoisotopic (exact) mass is 285 g/mol. The summed E-state index contributed by atoms with van der Waals surface area (Å²) in [6.45, 7) is 0. The number of amides is 1. The van der Waals surface area contributed by atoms with Gasteiger partial charge >= 0.3 is 5.91 Å². The van der Waals surface area contributed by atoms with Crippen LogP contribution in [0, 0.1) is 0 Å². The van der Waals surface area contributed by atoms with Crippen molar-refractivity contribution in [1.29, 1.82) is 0 Å². The third kappa shape index (κ3) is 2.72. The van der Waals surface area contributed by atoms with E-state index in [1.807, 2.05) is 4.72 Å². The maximum atomic E-state index is 11.8. The predicted molar refractivity (Wildman–Crippen MR) is 64.8 cm³/mol.